The van der Waals surface area contributed by atoms with E-state index in [1.54, 1.807) is 24.3 Å². The molecule has 1 atom stereocenters. The molecule has 0 amide bonds. The van der Waals surface area contributed by atoms with E-state index < -0.39 is 28.5 Å². The quantitative estimate of drug-likeness (QED) is 0.450. The van der Waals surface area contributed by atoms with Crippen molar-refractivity contribution >= 4 is 15.7 Å². The van der Waals surface area contributed by atoms with Crippen molar-refractivity contribution in [3.8, 4) is 5.75 Å². The maximum atomic E-state index is 12.6. The highest BCUT2D eigenvalue weighted by molar-refractivity contribution is 7.58. The minimum absolute atomic E-state index is 0.377. The first kappa shape index (κ1) is 19.3. The molecule has 0 heterocycles. The Hall–Kier alpha value is -0.783. The Labute approximate surface area is 131 Å². The van der Waals surface area contributed by atoms with Crippen molar-refractivity contribution in [2.45, 2.75) is 39.2 Å². The van der Waals surface area contributed by atoms with Crippen LogP contribution < -0.4 is 4.52 Å². The van der Waals surface area contributed by atoms with Crippen molar-refractivity contribution in [3.05, 3.63) is 30.3 Å². The van der Waals surface area contributed by atoms with Gasteiger partial charge in [-0.2, -0.15) is 13.2 Å². The van der Waals surface area contributed by atoms with Gasteiger partial charge in [-0.1, -0.05) is 25.1 Å². The Kier molecular flexibility index (Phi) is 6.71. The molecule has 1 aromatic rings. The van der Waals surface area contributed by atoms with E-state index in [0.717, 1.165) is 0 Å². The summed E-state index contributed by atoms with van der Waals surface area (Å²) in [6, 6.07) is 8.78. The number of nitrogens with zero attached hydrogens (tertiary/aromatic N) is 1. The summed E-state index contributed by atoms with van der Waals surface area (Å²) in [5.74, 6) is 0.494. The molecule has 0 aliphatic rings. The molecule has 0 radical (unpaired) electrons. The molecule has 1 aromatic carbocycles. The zero-order valence-corrected chi connectivity index (χ0v) is 15.2. The third kappa shape index (κ3) is 7.47. The number of para-hydroxylation sites is 1. The molecular weight excluding hydrogens is 330 g/mol. The molecule has 0 aliphatic carbocycles. The van der Waals surface area contributed by atoms with Gasteiger partial charge in [0.05, 0.1) is 0 Å². The average Bonchev–Trinajstić information content (AvgIpc) is 2.35. The van der Waals surface area contributed by atoms with Crippen LogP contribution in [-0.2, 0) is 4.52 Å². The molecule has 22 heavy (non-hydrogen) atoms. The lowest BCUT2D eigenvalue weighted by Gasteiger charge is -2.28. The van der Waals surface area contributed by atoms with Crippen LogP contribution in [0.25, 0.3) is 0 Å². The Morgan fingerprint density at radius 1 is 1.14 bits per heavy atom. The molecule has 0 saturated carbocycles. The van der Waals surface area contributed by atoms with E-state index in [0.29, 0.717) is 18.3 Å². The molecule has 1 rings (SSSR count). The maximum absolute atomic E-state index is 12.6. The Bertz CT molecular complexity index is 515. The smallest absolute Gasteiger partial charge is 0.412 e. The van der Waals surface area contributed by atoms with Crippen molar-refractivity contribution in [3.63, 3.8) is 0 Å². The predicted octanol–water partition coefficient (Wildman–Crippen LogP) is 5.92. The van der Waals surface area contributed by atoms with Crippen molar-refractivity contribution in [1.29, 1.82) is 0 Å². The summed E-state index contributed by atoms with van der Waals surface area (Å²) in [5.41, 5.74) is 0. The average molecular weight is 353 g/mol. The van der Waals surface area contributed by atoms with Crippen LogP contribution in [0.3, 0.4) is 0 Å². The highest BCUT2D eigenvalue weighted by Gasteiger charge is 2.35. The summed E-state index contributed by atoms with van der Waals surface area (Å²) in [6.45, 7) is 6.44. The summed E-state index contributed by atoms with van der Waals surface area (Å²) >= 11 is 0. The van der Waals surface area contributed by atoms with Crippen molar-refractivity contribution in [2.75, 3.05) is 12.8 Å². The van der Waals surface area contributed by atoms with Gasteiger partial charge in [0.2, 0.25) is 0 Å². The van der Waals surface area contributed by atoms with Gasteiger partial charge in [-0.25, -0.2) is 0 Å². The van der Waals surface area contributed by atoms with E-state index in [1.165, 1.54) is 0 Å². The van der Waals surface area contributed by atoms with Crippen molar-refractivity contribution < 1.29 is 22.2 Å². The highest BCUT2D eigenvalue weighted by atomic mass is 31.2. The van der Waals surface area contributed by atoms with Crippen LogP contribution in [0, 0.1) is 0 Å². The zero-order chi connectivity index (χ0) is 16.9. The minimum Gasteiger partial charge on any atom is -0.439 e. The second-order valence-electron chi connectivity index (χ2n) is 5.92. The molecule has 0 aromatic heterocycles. The fourth-order valence-electron chi connectivity index (χ4n) is 1.80. The van der Waals surface area contributed by atoms with E-state index >= 15 is 0 Å². The van der Waals surface area contributed by atoms with Gasteiger partial charge in [0.25, 0.3) is 7.51 Å². The molecule has 126 valence electrons. The minimum atomic E-state index is -4.39. The van der Waals surface area contributed by atoms with Crippen molar-refractivity contribution in [2.24, 2.45) is 4.41 Å². The number of hydrogen-bond donors (Lipinski definition) is 0. The van der Waals surface area contributed by atoms with Crippen LogP contribution in [-0.4, -0.2) is 27.2 Å². The van der Waals surface area contributed by atoms with Gasteiger partial charge in [-0.3, -0.25) is 4.41 Å². The molecule has 0 saturated heterocycles. The van der Waals surface area contributed by atoms with Crippen LogP contribution in [0.4, 0.5) is 13.2 Å². The molecular formula is C14H23F3NO2PSi. The van der Waals surface area contributed by atoms with Gasteiger partial charge < -0.3 is 9.05 Å². The number of benzene rings is 1. The standard InChI is InChI=1S/C14H23F3NO2PSi/c1-5-11-21(18-22(2,3)4,19-12-14(15,16)17)20-13-9-7-6-8-10-13/h6-10H,5,11-12H2,1-4H3. The third-order valence-corrected chi connectivity index (χ3v) is 8.04. The monoisotopic (exact) mass is 353 g/mol. The van der Waals surface area contributed by atoms with E-state index in [4.69, 9.17) is 9.05 Å². The lowest BCUT2D eigenvalue weighted by molar-refractivity contribution is -0.153. The summed E-state index contributed by atoms with van der Waals surface area (Å²) in [4.78, 5) is 0. The molecule has 0 bridgehead atoms. The fraction of sp³-hybridized carbons (Fsp3) is 0.571. The predicted molar refractivity (Wildman–Crippen MR) is 86.9 cm³/mol. The summed E-state index contributed by atoms with van der Waals surface area (Å²) in [6.07, 6.45) is -3.37. The Balaban J connectivity index is 3.17. The first-order valence-electron chi connectivity index (χ1n) is 7.14. The van der Waals surface area contributed by atoms with Crippen LogP contribution in [0.1, 0.15) is 13.3 Å². The normalized spacial score (nSPS) is 15.2. The largest absolute Gasteiger partial charge is 0.439 e. The third-order valence-electron chi connectivity index (χ3n) is 2.38. The summed E-state index contributed by atoms with van der Waals surface area (Å²) in [5, 5.41) is 0. The van der Waals surface area contributed by atoms with Gasteiger partial charge >= 0.3 is 6.18 Å². The lowest BCUT2D eigenvalue weighted by atomic mass is 10.3. The van der Waals surface area contributed by atoms with Crippen LogP contribution in [0.15, 0.2) is 34.7 Å². The van der Waals surface area contributed by atoms with Crippen LogP contribution >= 0.6 is 7.51 Å². The molecule has 0 N–H and O–H groups in total. The molecule has 0 fully saturated rings. The molecule has 0 aliphatic heterocycles. The second-order valence-corrected chi connectivity index (χ2v) is 13.2. The Morgan fingerprint density at radius 3 is 2.18 bits per heavy atom. The van der Waals surface area contributed by atoms with Crippen LogP contribution in [0.2, 0.25) is 19.6 Å². The number of alkyl halides is 3. The fourth-order valence-corrected chi connectivity index (χ4v) is 7.88. The number of rotatable bonds is 7. The van der Waals surface area contributed by atoms with Gasteiger partial charge in [-0.05, 0) is 38.2 Å². The first-order valence-corrected chi connectivity index (χ1v) is 12.3. The van der Waals surface area contributed by atoms with Gasteiger partial charge in [0, 0.05) is 6.16 Å². The van der Waals surface area contributed by atoms with E-state index in [-0.39, 0.29) is 0 Å². The van der Waals surface area contributed by atoms with Gasteiger partial charge in [0.15, 0.2) is 14.8 Å². The number of halogens is 3. The molecule has 1 unspecified atom stereocenters. The van der Waals surface area contributed by atoms with E-state index in [1.807, 2.05) is 32.6 Å². The first-order chi connectivity index (χ1) is 10.1. The molecule has 3 nitrogen and oxygen atoms in total. The lowest BCUT2D eigenvalue weighted by Crippen LogP contribution is -2.22. The maximum Gasteiger partial charge on any atom is 0.412 e. The molecule has 0 spiro atoms. The summed E-state index contributed by atoms with van der Waals surface area (Å²) < 4.78 is 53.6. The highest BCUT2D eigenvalue weighted by Crippen LogP contribution is 2.54. The van der Waals surface area contributed by atoms with Crippen LogP contribution in [0.5, 0.6) is 5.75 Å². The Morgan fingerprint density at radius 2 is 1.73 bits per heavy atom. The topological polar surface area (TPSA) is 30.8 Å². The SMILES string of the molecule is CCCP(=N[Si](C)(C)C)(OCC(F)(F)F)Oc1ccccc1. The second kappa shape index (κ2) is 7.66. The van der Waals surface area contributed by atoms with Crippen molar-refractivity contribution in [1.82, 2.24) is 0 Å². The van der Waals surface area contributed by atoms with Gasteiger partial charge in [0.1, 0.15) is 5.75 Å². The number of hydrogen-bond acceptors (Lipinski definition) is 3. The zero-order valence-electron chi connectivity index (χ0n) is 13.4. The van der Waals surface area contributed by atoms with E-state index in [2.05, 4.69) is 4.41 Å². The summed E-state index contributed by atoms with van der Waals surface area (Å²) in [7, 11) is -4.99. The van der Waals surface area contributed by atoms with Gasteiger partial charge in [-0.15, -0.1) is 0 Å². The molecule has 8 heteroatoms. The van der Waals surface area contributed by atoms with E-state index in [9.17, 15) is 13.2 Å².